The fraction of sp³-hybridized carbons (Fsp3) is 0.800. The molecule has 0 radical (unpaired) electrons. The van der Waals surface area contributed by atoms with Gasteiger partial charge in [-0.15, -0.1) is 11.3 Å². The Morgan fingerprint density at radius 2 is 2.10 bits per heavy atom. The maximum Gasteiger partial charge on any atom is 0.185 e. The molecule has 122 valence electrons. The fourth-order valence-electron chi connectivity index (χ4n) is 1.94. The quantitative estimate of drug-likeness (QED) is 0.632. The van der Waals surface area contributed by atoms with Gasteiger partial charge in [-0.05, 0) is 20.0 Å². The monoisotopic (exact) mass is 314 g/mol. The number of ether oxygens (including phenoxy) is 1. The van der Waals surface area contributed by atoms with Crippen LogP contribution in [0.1, 0.15) is 18.7 Å². The summed E-state index contributed by atoms with van der Waals surface area (Å²) >= 11 is 1.79. The number of aromatic nitrogens is 1. The highest BCUT2D eigenvalue weighted by molar-refractivity contribution is 7.15. The lowest BCUT2D eigenvalue weighted by Gasteiger charge is -2.25. The fourth-order valence-corrected chi connectivity index (χ4v) is 2.85. The normalized spacial score (nSPS) is 11.6. The zero-order chi connectivity index (χ0) is 15.7. The van der Waals surface area contributed by atoms with Crippen molar-refractivity contribution in [3.63, 3.8) is 0 Å². The minimum absolute atomic E-state index is 0.638. The van der Waals surface area contributed by atoms with Crippen LogP contribution < -0.4 is 10.2 Å². The maximum atomic E-state index is 5.03. The third-order valence-electron chi connectivity index (χ3n) is 3.00. The van der Waals surface area contributed by atoms with E-state index in [0.29, 0.717) is 5.92 Å². The number of hydrogen-bond donors (Lipinski definition) is 1. The summed E-state index contributed by atoms with van der Waals surface area (Å²) in [6.45, 7) is 10.1. The molecule has 0 saturated heterocycles. The number of nitrogens with one attached hydrogen (secondary N) is 1. The summed E-state index contributed by atoms with van der Waals surface area (Å²) < 4.78 is 5.03. The Morgan fingerprint density at radius 1 is 1.33 bits per heavy atom. The summed E-state index contributed by atoms with van der Waals surface area (Å²) in [5.74, 6) is 0.638. The van der Waals surface area contributed by atoms with Gasteiger partial charge in [-0.25, -0.2) is 4.98 Å². The van der Waals surface area contributed by atoms with Crippen molar-refractivity contribution < 1.29 is 4.74 Å². The van der Waals surface area contributed by atoms with E-state index in [1.807, 2.05) is 6.20 Å². The molecule has 0 spiro atoms. The Kier molecular flexibility index (Phi) is 8.84. The van der Waals surface area contributed by atoms with Crippen LogP contribution in [0.5, 0.6) is 0 Å². The highest BCUT2D eigenvalue weighted by atomic mass is 32.1. The molecular formula is C15H30N4OS. The number of rotatable bonds is 11. The van der Waals surface area contributed by atoms with E-state index >= 15 is 0 Å². The van der Waals surface area contributed by atoms with Crippen molar-refractivity contribution >= 4 is 16.5 Å². The molecule has 0 aliphatic heterocycles. The first kappa shape index (κ1) is 18.4. The smallest absolute Gasteiger partial charge is 0.185 e. The summed E-state index contributed by atoms with van der Waals surface area (Å²) in [6.07, 6.45) is 1.99. The zero-order valence-electron chi connectivity index (χ0n) is 14.1. The van der Waals surface area contributed by atoms with E-state index in [1.54, 1.807) is 18.4 Å². The molecule has 0 unspecified atom stereocenters. The van der Waals surface area contributed by atoms with Crippen molar-refractivity contribution in [1.29, 1.82) is 0 Å². The van der Waals surface area contributed by atoms with Crippen LogP contribution in [0.2, 0.25) is 0 Å². The molecule has 1 N–H and O–H groups in total. The number of nitrogens with zero attached hydrogens (tertiary/aromatic N) is 3. The van der Waals surface area contributed by atoms with Crippen molar-refractivity contribution in [3.05, 3.63) is 11.1 Å². The van der Waals surface area contributed by atoms with E-state index in [0.717, 1.165) is 44.5 Å². The van der Waals surface area contributed by atoms with Gasteiger partial charge in [-0.3, -0.25) is 0 Å². The standard InChI is InChI=1S/C15H30N4OS/c1-13(2)12-19(8-7-18(3)4)15-17-11-14(21-15)10-16-6-9-20-5/h11,13,16H,6-10,12H2,1-5H3. The molecule has 0 aromatic carbocycles. The molecule has 0 aliphatic carbocycles. The van der Waals surface area contributed by atoms with Crippen molar-refractivity contribution in [2.24, 2.45) is 5.92 Å². The van der Waals surface area contributed by atoms with Crippen LogP contribution >= 0.6 is 11.3 Å². The van der Waals surface area contributed by atoms with Crippen LogP contribution in [-0.4, -0.2) is 63.9 Å². The molecule has 0 atom stereocenters. The second kappa shape index (κ2) is 10.1. The van der Waals surface area contributed by atoms with E-state index in [1.165, 1.54) is 4.88 Å². The molecule has 1 aromatic rings. The van der Waals surface area contributed by atoms with E-state index in [9.17, 15) is 0 Å². The minimum Gasteiger partial charge on any atom is -0.383 e. The lowest BCUT2D eigenvalue weighted by Crippen LogP contribution is -2.34. The van der Waals surface area contributed by atoms with Crippen LogP contribution in [0.4, 0.5) is 5.13 Å². The van der Waals surface area contributed by atoms with Gasteiger partial charge >= 0.3 is 0 Å². The Morgan fingerprint density at radius 3 is 2.71 bits per heavy atom. The maximum absolute atomic E-state index is 5.03. The van der Waals surface area contributed by atoms with E-state index in [-0.39, 0.29) is 0 Å². The van der Waals surface area contributed by atoms with E-state index in [2.05, 4.69) is 48.0 Å². The van der Waals surface area contributed by atoms with Crippen LogP contribution in [0.3, 0.4) is 0 Å². The topological polar surface area (TPSA) is 40.6 Å². The van der Waals surface area contributed by atoms with Crippen molar-refractivity contribution in [2.45, 2.75) is 20.4 Å². The minimum atomic E-state index is 0.638. The second-order valence-corrected chi connectivity index (χ2v) is 7.02. The highest BCUT2D eigenvalue weighted by Crippen LogP contribution is 2.23. The van der Waals surface area contributed by atoms with Gasteiger partial charge in [0.15, 0.2) is 5.13 Å². The largest absolute Gasteiger partial charge is 0.383 e. The van der Waals surface area contributed by atoms with Crippen molar-refractivity contribution in [1.82, 2.24) is 15.2 Å². The molecule has 0 aliphatic rings. The summed E-state index contributed by atoms with van der Waals surface area (Å²) in [7, 11) is 5.95. The molecule has 6 heteroatoms. The third kappa shape index (κ3) is 7.76. The van der Waals surface area contributed by atoms with Crippen molar-refractivity contribution in [2.75, 3.05) is 58.9 Å². The van der Waals surface area contributed by atoms with Crippen LogP contribution in [-0.2, 0) is 11.3 Å². The van der Waals surface area contributed by atoms with Gasteiger partial charge in [0.05, 0.1) is 6.61 Å². The molecule has 1 heterocycles. The van der Waals surface area contributed by atoms with Crippen LogP contribution in [0.25, 0.3) is 0 Å². The zero-order valence-corrected chi connectivity index (χ0v) is 14.9. The lowest BCUT2D eigenvalue weighted by atomic mass is 10.2. The van der Waals surface area contributed by atoms with Gasteiger partial charge in [-0.1, -0.05) is 13.8 Å². The van der Waals surface area contributed by atoms with Gasteiger partial charge in [0, 0.05) is 50.9 Å². The van der Waals surface area contributed by atoms with Crippen molar-refractivity contribution in [3.8, 4) is 0 Å². The average molecular weight is 314 g/mol. The van der Waals surface area contributed by atoms with E-state index < -0.39 is 0 Å². The Bertz CT molecular complexity index is 382. The summed E-state index contributed by atoms with van der Waals surface area (Å²) in [6, 6.07) is 0. The lowest BCUT2D eigenvalue weighted by molar-refractivity contribution is 0.199. The third-order valence-corrected chi connectivity index (χ3v) is 4.05. The van der Waals surface area contributed by atoms with Gasteiger partial charge in [0.25, 0.3) is 0 Å². The molecule has 0 saturated carbocycles. The number of hydrogen-bond acceptors (Lipinski definition) is 6. The summed E-state index contributed by atoms with van der Waals surface area (Å²) in [5, 5.41) is 4.50. The van der Waals surface area contributed by atoms with Gasteiger partial charge in [0.2, 0.25) is 0 Å². The molecular weight excluding hydrogens is 284 g/mol. The van der Waals surface area contributed by atoms with E-state index in [4.69, 9.17) is 4.74 Å². The molecule has 0 fully saturated rings. The average Bonchev–Trinajstić information content (AvgIpc) is 2.88. The first-order chi connectivity index (χ1) is 10.0. The van der Waals surface area contributed by atoms with Gasteiger partial charge in [-0.2, -0.15) is 0 Å². The second-order valence-electron chi connectivity index (χ2n) is 5.92. The van der Waals surface area contributed by atoms with Gasteiger partial charge < -0.3 is 19.9 Å². The predicted molar refractivity (Wildman–Crippen MR) is 91.3 cm³/mol. The Balaban J connectivity index is 2.54. The highest BCUT2D eigenvalue weighted by Gasteiger charge is 2.13. The first-order valence-electron chi connectivity index (χ1n) is 7.57. The molecule has 5 nitrogen and oxygen atoms in total. The molecule has 1 aromatic heterocycles. The number of methoxy groups -OCH3 is 1. The Labute approximate surface area is 133 Å². The summed E-state index contributed by atoms with van der Waals surface area (Å²) in [5.41, 5.74) is 0. The number of anilines is 1. The Hall–Kier alpha value is -0.690. The number of likely N-dealkylation sites (N-methyl/N-ethyl adjacent to an activating group) is 1. The van der Waals surface area contributed by atoms with Gasteiger partial charge in [0.1, 0.15) is 0 Å². The molecule has 21 heavy (non-hydrogen) atoms. The predicted octanol–water partition coefficient (Wildman–Crippen LogP) is 1.90. The summed E-state index contributed by atoms with van der Waals surface area (Å²) in [4.78, 5) is 10.5. The van der Waals surface area contributed by atoms with Crippen LogP contribution in [0.15, 0.2) is 6.20 Å². The molecule has 0 bridgehead atoms. The van der Waals surface area contributed by atoms with Crippen LogP contribution in [0, 0.1) is 5.92 Å². The molecule has 1 rings (SSSR count). The SMILES string of the molecule is COCCNCc1cnc(N(CCN(C)C)CC(C)C)s1. The molecule has 0 amide bonds. The number of thiazole rings is 1. The first-order valence-corrected chi connectivity index (χ1v) is 8.38.